The van der Waals surface area contributed by atoms with Gasteiger partial charge in [-0.3, -0.25) is 4.90 Å². The third-order valence-electron chi connectivity index (χ3n) is 6.90. The maximum atomic E-state index is 13.8. The zero-order chi connectivity index (χ0) is 27.7. The molecule has 2 saturated heterocycles. The van der Waals surface area contributed by atoms with Crippen molar-refractivity contribution in [3.05, 3.63) is 41.4 Å². The molecule has 0 aromatic heterocycles. The fourth-order valence-electron chi connectivity index (χ4n) is 4.94. The minimum atomic E-state index is -3.75. The molecule has 10 nitrogen and oxygen atoms in total. The van der Waals surface area contributed by atoms with Gasteiger partial charge in [-0.25, -0.2) is 18.0 Å². The van der Waals surface area contributed by atoms with Crippen molar-refractivity contribution in [3.63, 3.8) is 0 Å². The van der Waals surface area contributed by atoms with Crippen LogP contribution in [0.2, 0.25) is 5.02 Å². The fraction of sp³-hybridized carbons (Fsp3) is 0.500. The number of nitrogens with two attached hydrogens (primary N) is 1. The summed E-state index contributed by atoms with van der Waals surface area (Å²) in [5, 5.41) is 2.22. The first-order valence-corrected chi connectivity index (χ1v) is 14.6. The maximum Gasteiger partial charge on any atom is 0.440 e. The van der Waals surface area contributed by atoms with Crippen molar-refractivity contribution in [3.8, 4) is 0 Å². The third kappa shape index (κ3) is 5.96. The number of piperidine rings is 1. The Balaban J connectivity index is 1.50. The van der Waals surface area contributed by atoms with Gasteiger partial charge in [-0.05, 0) is 75.1 Å². The molecule has 0 atom stereocenters. The fourth-order valence-corrected chi connectivity index (χ4v) is 6.58. The number of ether oxygens (including phenoxy) is 1. The first kappa shape index (κ1) is 28.3. The quantitative estimate of drug-likeness (QED) is 0.332. The van der Waals surface area contributed by atoms with E-state index in [9.17, 15) is 18.0 Å². The lowest BCUT2D eigenvalue weighted by Crippen LogP contribution is -2.68. The van der Waals surface area contributed by atoms with E-state index in [1.54, 1.807) is 62.1 Å². The number of sulfonamides is 1. The minimum Gasteiger partial charge on any atom is -0.442 e. The van der Waals surface area contributed by atoms with Crippen LogP contribution in [0.25, 0.3) is 10.8 Å². The molecule has 0 spiro atoms. The van der Waals surface area contributed by atoms with E-state index >= 15 is 0 Å². The third-order valence-corrected chi connectivity index (χ3v) is 9.03. The molecule has 206 valence electrons. The lowest BCUT2D eigenvalue weighted by atomic mass is 10.1. The van der Waals surface area contributed by atoms with Gasteiger partial charge in [0.2, 0.25) is 10.0 Å². The Kier molecular flexibility index (Phi) is 8.04. The van der Waals surface area contributed by atoms with Gasteiger partial charge in [-0.15, -0.1) is 4.99 Å². The summed E-state index contributed by atoms with van der Waals surface area (Å²) in [7, 11) is -3.75. The number of hydrogen-bond acceptors (Lipinski definition) is 5. The molecule has 2 N–H and O–H groups in total. The van der Waals surface area contributed by atoms with E-state index in [-0.39, 0.29) is 47.5 Å². The number of hydrogen-bond donors (Lipinski definition) is 1. The van der Waals surface area contributed by atoms with Crippen LogP contribution >= 0.6 is 11.6 Å². The summed E-state index contributed by atoms with van der Waals surface area (Å²) >= 11 is 6.05. The summed E-state index contributed by atoms with van der Waals surface area (Å²) in [5.74, 6) is -0.0877. The molecular formula is C26H35ClN5O5S+. The van der Waals surface area contributed by atoms with Crippen LogP contribution in [-0.4, -0.2) is 85.1 Å². The molecule has 0 radical (unpaired) electrons. The number of aliphatic imine (C=N–C) groups is 1. The molecular weight excluding hydrogens is 530 g/mol. The molecule has 2 aromatic carbocycles. The number of nitrogens with zero attached hydrogens (tertiary/aromatic N) is 4. The summed E-state index contributed by atoms with van der Waals surface area (Å²) < 4.78 is 33.2. The Bertz CT molecular complexity index is 1360. The van der Waals surface area contributed by atoms with Crippen molar-refractivity contribution in [2.75, 3.05) is 39.3 Å². The molecule has 2 aliphatic rings. The highest BCUT2D eigenvalue weighted by Crippen LogP contribution is 2.27. The number of carbonyl (C=O) groups is 2. The highest BCUT2D eigenvalue weighted by Gasteiger charge is 2.47. The van der Waals surface area contributed by atoms with Gasteiger partial charge in [0, 0.05) is 31.2 Å². The number of benzene rings is 2. The van der Waals surface area contributed by atoms with E-state index < -0.39 is 21.7 Å². The highest BCUT2D eigenvalue weighted by molar-refractivity contribution is 7.89. The molecule has 0 bridgehead atoms. The Hall–Kier alpha value is -2.73. The second kappa shape index (κ2) is 10.8. The number of likely N-dealkylation sites (tertiary alicyclic amines) is 1. The van der Waals surface area contributed by atoms with Gasteiger partial charge in [-0.2, -0.15) is 8.79 Å². The highest BCUT2D eigenvalue weighted by atomic mass is 35.5. The van der Waals surface area contributed by atoms with Gasteiger partial charge in [0.15, 0.2) is 0 Å². The van der Waals surface area contributed by atoms with Crippen LogP contribution in [0.3, 0.4) is 0 Å². The first-order valence-electron chi connectivity index (χ1n) is 12.8. The van der Waals surface area contributed by atoms with Gasteiger partial charge in [0.1, 0.15) is 5.60 Å². The van der Waals surface area contributed by atoms with Crippen LogP contribution in [0.15, 0.2) is 46.3 Å². The number of amides is 3. The van der Waals surface area contributed by atoms with E-state index in [4.69, 9.17) is 22.1 Å². The van der Waals surface area contributed by atoms with Crippen molar-refractivity contribution >= 4 is 50.5 Å². The van der Waals surface area contributed by atoms with Crippen LogP contribution in [0.1, 0.15) is 40.0 Å². The molecule has 0 saturated carbocycles. The van der Waals surface area contributed by atoms with Crippen LogP contribution < -0.4 is 5.73 Å². The van der Waals surface area contributed by atoms with Gasteiger partial charge in [0.25, 0.3) is 0 Å². The topological polar surface area (TPSA) is 122 Å². The Morgan fingerprint density at radius 2 is 1.58 bits per heavy atom. The van der Waals surface area contributed by atoms with E-state index in [0.29, 0.717) is 18.1 Å². The van der Waals surface area contributed by atoms with Crippen LogP contribution in [0, 0.1) is 0 Å². The van der Waals surface area contributed by atoms with Gasteiger partial charge in [-0.1, -0.05) is 23.7 Å². The van der Waals surface area contributed by atoms with E-state index in [1.807, 2.05) is 0 Å². The summed E-state index contributed by atoms with van der Waals surface area (Å²) in [4.78, 5) is 31.9. The smallest absolute Gasteiger partial charge is 0.440 e. The number of carbonyl (C=O) groups excluding carboxylic acids is 2. The second-order valence-electron chi connectivity index (χ2n) is 10.8. The molecule has 2 aliphatic heterocycles. The molecule has 0 unspecified atom stereocenters. The zero-order valence-corrected chi connectivity index (χ0v) is 23.6. The number of guanidine groups is 1. The first-order chi connectivity index (χ1) is 17.8. The minimum absolute atomic E-state index is 0.0877. The predicted octanol–water partition coefficient (Wildman–Crippen LogP) is 4.17. The number of urea groups is 1. The molecule has 2 heterocycles. The summed E-state index contributed by atoms with van der Waals surface area (Å²) in [5.41, 5.74) is 5.56. The molecule has 2 aromatic rings. The van der Waals surface area contributed by atoms with Gasteiger partial charge >= 0.3 is 18.1 Å². The molecule has 38 heavy (non-hydrogen) atoms. The van der Waals surface area contributed by atoms with Crippen LogP contribution in [0.5, 0.6) is 0 Å². The number of halogens is 1. The Morgan fingerprint density at radius 3 is 2.21 bits per heavy atom. The lowest BCUT2D eigenvalue weighted by Gasteiger charge is -2.41. The number of quaternary nitrogens is 1. The van der Waals surface area contributed by atoms with Crippen LogP contribution in [0.4, 0.5) is 9.59 Å². The molecule has 3 amide bonds. The molecule has 0 aliphatic carbocycles. The normalized spacial score (nSPS) is 19.4. The van der Waals surface area contributed by atoms with Gasteiger partial charge < -0.3 is 10.5 Å². The second-order valence-corrected chi connectivity index (χ2v) is 13.1. The average Bonchev–Trinajstić information content (AvgIpc) is 2.87. The Morgan fingerprint density at radius 1 is 0.974 bits per heavy atom. The monoisotopic (exact) mass is 564 g/mol. The largest absolute Gasteiger partial charge is 0.442 e. The van der Waals surface area contributed by atoms with Crippen molar-refractivity contribution in [1.29, 1.82) is 0 Å². The Labute approximate surface area is 228 Å². The van der Waals surface area contributed by atoms with Crippen LogP contribution in [-0.2, 0) is 14.8 Å². The summed E-state index contributed by atoms with van der Waals surface area (Å²) in [6.07, 6.45) is 1.64. The van der Waals surface area contributed by atoms with Crippen molar-refractivity contribution in [2.24, 2.45) is 10.7 Å². The summed E-state index contributed by atoms with van der Waals surface area (Å²) in [6.45, 7) is 6.76. The van der Waals surface area contributed by atoms with E-state index in [2.05, 4.69) is 4.99 Å². The number of rotatable bonds is 2. The standard InChI is InChI=1S/C26H34ClN5O5S/c1-26(2,3)37-24(33)29-23(28)32(15-5-4-6-16-32)25(34)30-11-13-31(14-12-30)38(35,36)22-10-8-19-17-21(27)9-7-20(19)18-22/h7-10,17-18H,4-6,11-16H2,1-3H3,(H-,28,29,33)/p+1. The van der Waals surface area contributed by atoms with E-state index in [1.165, 1.54) is 4.31 Å². The molecule has 4 rings (SSSR count). The predicted molar refractivity (Wildman–Crippen MR) is 146 cm³/mol. The maximum absolute atomic E-state index is 13.8. The number of fused-ring (bicyclic) bond motifs is 1. The molecule has 12 heteroatoms. The molecule has 2 fully saturated rings. The SMILES string of the molecule is CC(C)(C)OC(=O)N=C(N)[N+]1(C(=O)N2CCN(S(=O)(=O)c3ccc4cc(Cl)ccc4c3)CC2)CCCCC1. The lowest BCUT2D eigenvalue weighted by molar-refractivity contribution is -0.770. The van der Waals surface area contributed by atoms with Crippen molar-refractivity contribution in [1.82, 2.24) is 9.21 Å². The van der Waals surface area contributed by atoms with E-state index in [0.717, 1.165) is 30.0 Å². The number of piperazine rings is 1. The zero-order valence-electron chi connectivity index (χ0n) is 22.0. The van der Waals surface area contributed by atoms with Gasteiger partial charge in [0.05, 0.1) is 18.0 Å². The summed E-state index contributed by atoms with van der Waals surface area (Å²) in [6, 6.07) is 9.99. The van der Waals surface area contributed by atoms with Crippen molar-refractivity contribution in [2.45, 2.75) is 50.5 Å². The average molecular weight is 565 g/mol. The van der Waals surface area contributed by atoms with Crippen molar-refractivity contribution < 1.29 is 27.2 Å².